The first kappa shape index (κ1) is 23.9. The molecule has 158 valence electrons. The van der Waals surface area contributed by atoms with E-state index in [-0.39, 0.29) is 20.1 Å². The van der Waals surface area contributed by atoms with Gasteiger partial charge in [0.2, 0.25) is 0 Å². The number of benzene rings is 2. The first-order valence-corrected chi connectivity index (χ1v) is 9.29. The van der Waals surface area contributed by atoms with Crippen molar-refractivity contribution in [3.05, 3.63) is 121 Å². The Bertz CT molecular complexity index is 935. The van der Waals surface area contributed by atoms with Crippen molar-refractivity contribution in [3.63, 3.8) is 0 Å². The van der Waals surface area contributed by atoms with Gasteiger partial charge in [-0.2, -0.15) is 0 Å². The maximum absolute atomic E-state index is 11.2. The molecule has 2 heterocycles. The Hall–Kier alpha value is -3.41. The number of carbonyl (C=O) groups excluding carboxylic acids is 2. The van der Waals surface area contributed by atoms with Crippen molar-refractivity contribution in [3.8, 4) is 0 Å². The number of carboxylic acids is 2. The molecule has 0 aliphatic carbocycles. The third kappa shape index (κ3) is 5.02. The maximum atomic E-state index is 11.2. The summed E-state index contributed by atoms with van der Waals surface area (Å²) in [6.45, 7) is 0. The Balaban J connectivity index is 0.000000213. The second-order valence-corrected chi connectivity index (χ2v) is 6.65. The van der Waals surface area contributed by atoms with Crippen LogP contribution in [0, 0.1) is 0 Å². The summed E-state index contributed by atoms with van der Waals surface area (Å²) in [6.07, 6.45) is 13.2. The molecular weight excluding hydrogens is 572 g/mol. The first-order chi connectivity index (χ1) is 14.5. The van der Waals surface area contributed by atoms with E-state index >= 15 is 0 Å². The van der Waals surface area contributed by atoms with Crippen LogP contribution in [-0.4, -0.2) is 11.9 Å². The Morgan fingerprint density at radius 3 is 1.23 bits per heavy atom. The Labute approximate surface area is 194 Å². The van der Waals surface area contributed by atoms with Crippen LogP contribution in [0.2, 0.25) is 0 Å². The van der Waals surface area contributed by atoms with Crippen molar-refractivity contribution in [2.24, 2.45) is 0 Å². The topological polar surface area (TPSA) is 104 Å². The monoisotopic (exact) mass is 593 g/mol. The zero-order valence-electron chi connectivity index (χ0n) is 16.4. The average molecular weight is 593 g/mol. The standard InChI is InChI=1S/2C12H11NO2.Ir/c2*14-11(15)12(8-4-5-9-13-12)10-6-2-1-3-7-10;/h2*1-9,13H,(H,14,15);/q;;+3/p-2. The minimum absolute atomic E-state index is 0. The molecule has 7 heteroatoms. The number of carboxylic acid groups (broad SMARTS) is 2. The van der Waals surface area contributed by atoms with Crippen molar-refractivity contribution in [1.82, 2.24) is 10.6 Å². The van der Waals surface area contributed by atoms with Gasteiger partial charge in [0, 0.05) is 0 Å². The molecule has 2 unspecified atom stereocenters. The molecule has 0 fully saturated rings. The van der Waals surface area contributed by atoms with E-state index < -0.39 is 23.0 Å². The van der Waals surface area contributed by atoms with Crippen LogP contribution in [0.15, 0.2) is 110 Å². The van der Waals surface area contributed by atoms with E-state index in [0.717, 1.165) is 0 Å². The van der Waals surface area contributed by atoms with Crippen LogP contribution in [0.5, 0.6) is 0 Å². The number of carbonyl (C=O) groups is 2. The Kier molecular flexibility index (Phi) is 8.14. The second kappa shape index (κ2) is 10.6. The molecule has 2 aromatic rings. The normalized spacial score (nSPS) is 22.7. The van der Waals surface area contributed by atoms with Crippen LogP contribution in [0.4, 0.5) is 0 Å². The van der Waals surface area contributed by atoms with Crippen LogP contribution < -0.4 is 20.8 Å². The zero-order valence-corrected chi connectivity index (χ0v) is 18.8. The van der Waals surface area contributed by atoms with Crippen molar-refractivity contribution in [2.75, 3.05) is 0 Å². The minimum atomic E-state index is -1.24. The van der Waals surface area contributed by atoms with E-state index in [0.29, 0.717) is 11.1 Å². The molecule has 0 saturated carbocycles. The number of aliphatic carboxylic acids is 2. The summed E-state index contributed by atoms with van der Waals surface area (Å²) in [5.74, 6) is -2.32. The fourth-order valence-corrected chi connectivity index (χ4v) is 3.22. The van der Waals surface area contributed by atoms with E-state index in [1.807, 2.05) is 12.1 Å². The molecule has 0 amide bonds. The molecule has 2 N–H and O–H groups in total. The molecule has 31 heavy (non-hydrogen) atoms. The zero-order chi connectivity index (χ0) is 21.5. The van der Waals surface area contributed by atoms with Gasteiger partial charge >= 0.3 is 20.1 Å². The van der Waals surface area contributed by atoms with Crippen molar-refractivity contribution in [1.29, 1.82) is 0 Å². The van der Waals surface area contributed by atoms with Crippen LogP contribution >= 0.6 is 0 Å². The van der Waals surface area contributed by atoms with Gasteiger partial charge in [-0.05, 0) is 47.8 Å². The van der Waals surface area contributed by atoms with Crippen LogP contribution in [-0.2, 0) is 40.8 Å². The number of dihydropyridines is 2. The molecule has 0 spiro atoms. The van der Waals surface area contributed by atoms with Crippen LogP contribution in [0.3, 0.4) is 0 Å². The molecular formula is C24H20IrN2O4+. The molecule has 0 bridgehead atoms. The van der Waals surface area contributed by atoms with Crippen molar-refractivity contribution >= 4 is 11.9 Å². The Morgan fingerprint density at radius 1 is 0.613 bits per heavy atom. The summed E-state index contributed by atoms with van der Waals surface area (Å²) < 4.78 is 0. The third-order valence-corrected chi connectivity index (χ3v) is 4.83. The number of allylic oxidation sites excluding steroid dienone is 4. The molecule has 4 rings (SSSR count). The number of hydrogen-bond acceptors (Lipinski definition) is 6. The Morgan fingerprint density at radius 2 is 0.968 bits per heavy atom. The number of nitrogens with one attached hydrogen (secondary N) is 2. The fourth-order valence-electron chi connectivity index (χ4n) is 3.22. The van der Waals surface area contributed by atoms with E-state index in [1.54, 1.807) is 97.4 Å². The molecule has 6 nitrogen and oxygen atoms in total. The molecule has 0 radical (unpaired) electrons. The number of hydrogen-bond donors (Lipinski definition) is 2. The van der Waals surface area contributed by atoms with E-state index in [1.165, 1.54) is 0 Å². The van der Waals surface area contributed by atoms with E-state index in [4.69, 9.17) is 0 Å². The second-order valence-electron chi connectivity index (χ2n) is 6.65. The predicted octanol–water partition coefficient (Wildman–Crippen LogP) is 0.607. The van der Waals surface area contributed by atoms with Gasteiger partial charge in [0.15, 0.2) is 0 Å². The summed E-state index contributed by atoms with van der Waals surface area (Å²) in [5.41, 5.74) is -1.16. The van der Waals surface area contributed by atoms with E-state index in [9.17, 15) is 19.8 Å². The van der Waals surface area contributed by atoms with Gasteiger partial charge in [0.25, 0.3) is 0 Å². The van der Waals surface area contributed by atoms with Gasteiger partial charge < -0.3 is 30.4 Å². The van der Waals surface area contributed by atoms with E-state index in [2.05, 4.69) is 10.6 Å². The third-order valence-electron chi connectivity index (χ3n) is 4.83. The van der Waals surface area contributed by atoms with Gasteiger partial charge in [-0.15, -0.1) is 0 Å². The molecule has 0 saturated heterocycles. The predicted molar refractivity (Wildman–Crippen MR) is 109 cm³/mol. The van der Waals surface area contributed by atoms with Crippen LogP contribution in [0.1, 0.15) is 11.1 Å². The summed E-state index contributed by atoms with van der Waals surface area (Å²) in [5, 5.41) is 28.1. The SMILES string of the molecule is O=C([O-])C1(c2ccccc2)C=CC=CN1.O=C([O-])C1(c2ccccc2)C=CC=CN1.[Ir+3]. The molecule has 2 aromatic carbocycles. The van der Waals surface area contributed by atoms with Crippen LogP contribution in [0.25, 0.3) is 0 Å². The van der Waals surface area contributed by atoms with Crippen molar-refractivity contribution in [2.45, 2.75) is 11.1 Å². The smallest absolute Gasteiger partial charge is 0.547 e. The average Bonchev–Trinajstić information content (AvgIpc) is 2.81. The molecule has 2 atom stereocenters. The summed E-state index contributed by atoms with van der Waals surface area (Å²) in [6, 6.07) is 17.9. The fraction of sp³-hybridized carbons (Fsp3) is 0.0833. The van der Waals surface area contributed by atoms with Gasteiger partial charge in [-0.25, -0.2) is 0 Å². The summed E-state index contributed by atoms with van der Waals surface area (Å²) in [7, 11) is 0. The van der Waals surface area contributed by atoms with Gasteiger partial charge in [0.1, 0.15) is 11.1 Å². The minimum Gasteiger partial charge on any atom is -0.547 e. The van der Waals surface area contributed by atoms with Gasteiger partial charge in [-0.3, -0.25) is 0 Å². The van der Waals surface area contributed by atoms with Gasteiger partial charge in [0.05, 0.1) is 11.9 Å². The molecule has 0 aromatic heterocycles. The molecule has 2 aliphatic rings. The van der Waals surface area contributed by atoms with Crippen molar-refractivity contribution < 1.29 is 39.9 Å². The van der Waals surface area contributed by atoms with Gasteiger partial charge in [-0.1, -0.05) is 72.8 Å². The first-order valence-electron chi connectivity index (χ1n) is 9.29. The largest absolute Gasteiger partial charge is 3.00 e. The summed E-state index contributed by atoms with van der Waals surface area (Å²) >= 11 is 0. The summed E-state index contributed by atoms with van der Waals surface area (Å²) in [4.78, 5) is 22.4. The number of rotatable bonds is 4. The molecule has 2 aliphatic heterocycles. The maximum Gasteiger partial charge on any atom is 3.00 e. The quantitative estimate of drug-likeness (QED) is 0.540.